The molecule has 0 spiro atoms. The summed E-state index contributed by atoms with van der Waals surface area (Å²) < 4.78 is 0. The van der Waals surface area contributed by atoms with Gasteiger partial charge >= 0.3 is 0 Å². The quantitative estimate of drug-likeness (QED) is 0.721. The van der Waals surface area contributed by atoms with Crippen LogP contribution in [0.2, 0.25) is 0 Å². The first-order valence-electron chi connectivity index (χ1n) is 7.07. The van der Waals surface area contributed by atoms with Gasteiger partial charge < -0.3 is 0 Å². The van der Waals surface area contributed by atoms with Crippen molar-refractivity contribution in [1.29, 1.82) is 0 Å². The molecular formula is C17H19N. The lowest BCUT2D eigenvalue weighted by Crippen LogP contribution is -2.50. The lowest BCUT2D eigenvalue weighted by molar-refractivity contribution is 0.0467. The van der Waals surface area contributed by atoms with Crippen molar-refractivity contribution in [3.8, 4) is 0 Å². The van der Waals surface area contributed by atoms with Gasteiger partial charge in [-0.1, -0.05) is 55.0 Å². The highest BCUT2D eigenvalue weighted by molar-refractivity contribution is 5.46. The van der Waals surface area contributed by atoms with Crippen LogP contribution in [-0.4, -0.2) is 11.4 Å². The molecule has 4 rings (SSSR count). The van der Waals surface area contributed by atoms with Gasteiger partial charge in [-0.2, -0.15) is 0 Å². The lowest BCUT2D eigenvalue weighted by Gasteiger charge is -2.48. The summed E-state index contributed by atoms with van der Waals surface area (Å²) in [6.07, 6.45) is 9.49. The van der Waals surface area contributed by atoms with Crippen molar-refractivity contribution >= 4 is 0 Å². The van der Waals surface area contributed by atoms with Gasteiger partial charge in [-0.25, -0.2) is 0 Å². The van der Waals surface area contributed by atoms with Crippen LogP contribution >= 0.6 is 0 Å². The monoisotopic (exact) mass is 237 g/mol. The van der Waals surface area contributed by atoms with Crippen LogP contribution in [0.3, 0.4) is 0 Å². The Bertz CT molecular complexity index is 554. The van der Waals surface area contributed by atoms with Crippen LogP contribution in [0.1, 0.15) is 30.9 Å². The van der Waals surface area contributed by atoms with Crippen LogP contribution in [-0.2, 0) is 12.1 Å². The Kier molecular flexibility index (Phi) is 2.10. The zero-order valence-electron chi connectivity index (χ0n) is 10.9. The topological polar surface area (TPSA) is 3.24 Å². The highest BCUT2D eigenvalue weighted by atomic mass is 15.2. The second-order valence-electron chi connectivity index (χ2n) is 5.71. The first-order valence-corrected chi connectivity index (χ1v) is 7.07. The van der Waals surface area contributed by atoms with E-state index < -0.39 is 0 Å². The maximum atomic E-state index is 2.72. The summed E-state index contributed by atoms with van der Waals surface area (Å²) >= 11 is 0. The molecule has 0 amide bonds. The van der Waals surface area contributed by atoms with Gasteiger partial charge in [0.1, 0.15) is 0 Å². The molecule has 1 heteroatoms. The van der Waals surface area contributed by atoms with E-state index in [1.807, 2.05) is 0 Å². The molecule has 0 radical (unpaired) electrons. The van der Waals surface area contributed by atoms with Crippen molar-refractivity contribution in [2.75, 3.05) is 6.54 Å². The summed E-state index contributed by atoms with van der Waals surface area (Å²) in [5, 5.41) is 0. The molecule has 0 N–H and O–H groups in total. The Morgan fingerprint density at radius 2 is 2.22 bits per heavy atom. The molecular weight excluding hydrogens is 218 g/mol. The van der Waals surface area contributed by atoms with Gasteiger partial charge in [0.25, 0.3) is 0 Å². The normalized spacial score (nSPS) is 32.9. The molecule has 92 valence electrons. The summed E-state index contributed by atoms with van der Waals surface area (Å²) in [7, 11) is 0. The van der Waals surface area contributed by atoms with Crippen LogP contribution in [0.5, 0.6) is 0 Å². The molecule has 1 fully saturated rings. The Hall–Kier alpha value is -1.34. The average Bonchev–Trinajstić information content (AvgIpc) is 3.00. The van der Waals surface area contributed by atoms with E-state index in [-0.39, 0.29) is 5.54 Å². The second-order valence-corrected chi connectivity index (χ2v) is 5.71. The third-order valence-electron chi connectivity index (χ3n) is 5.15. The first kappa shape index (κ1) is 10.6. The van der Waals surface area contributed by atoms with E-state index in [1.54, 1.807) is 16.7 Å². The number of benzene rings is 1. The fourth-order valence-corrected chi connectivity index (χ4v) is 4.36. The predicted octanol–water partition coefficient (Wildman–Crippen LogP) is 3.62. The van der Waals surface area contributed by atoms with Crippen molar-refractivity contribution in [1.82, 2.24) is 4.90 Å². The minimum atomic E-state index is 0.244. The maximum Gasteiger partial charge on any atom is 0.0564 e. The van der Waals surface area contributed by atoms with Gasteiger partial charge in [0, 0.05) is 19.0 Å². The Balaban J connectivity index is 1.94. The lowest BCUT2D eigenvalue weighted by atomic mass is 9.70. The van der Waals surface area contributed by atoms with E-state index in [1.165, 1.54) is 19.4 Å². The van der Waals surface area contributed by atoms with Crippen molar-refractivity contribution in [2.24, 2.45) is 5.92 Å². The maximum absolute atomic E-state index is 2.72. The average molecular weight is 237 g/mol. The van der Waals surface area contributed by atoms with Gasteiger partial charge in [0.05, 0.1) is 5.54 Å². The Labute approximate surface area is 109 Å². The number of rotatable bonds is 1. The van der Waals surface area contributed by atoms with Gasteiger partial charge in [0.15, 0.2) is 0 Å². The molecule has 3 aliphatic rings. The van der Waals surface area contributed by atoms with E-state index in [2.05, 4.69) is 54.3 Å². The van der Waals surface area contributed by atoms with Crippen molar-refractivity contribution in [2.45, 2.75) is 31.8 Å². The van der Waals surface area contributed by atoms with Crippen LogP contribution in [0.4, 0.5) is 0 Å². The number of allylic oxidation sites excluding steroid dienone is 2. The molecule has 1 nitrogen and oxygen atoms in total. The molecule has 2 heterocycles. The highest BCUT2D eigenvalue weighted by Crippen LogP contribution is 2.54. The van der Waals surface area contributed by atoms with Gasteiger partial charge in [-0.05, 0) is 24.0 Å². The Morgan fingerprint density at radius 3 is 3.11 bits per heavy atom. The van der Waals surface area contributed by atoms with Crippen molar-refractivity contribution < 1.29 is 0 Å². The zero-order valence-corrected chi connectivity index (χ0v) is 10.9. The summed E-state index contributed by atoms with van der Waals surface area (Å²) in [5.41, 5.74) is 5.01. The SMILES string of the molecule is CC[C@]12c3ccccc3CN1CCC1=CC=CC12. The van der Waals surface area contributed by atoms with Crippen LogP contribution in [0.25, 0.3) is 0 Å². The molecule has 18 heavy (non-hydrogen) atoms. The third kappa shape index (κ3) is 1.11. The van der Waals surface area contributed by atoms with Gasteiger partial charge in [0.2, 0.25) is 0 Å². The standard InChI is InChI=1S/C17H19N/c1-2-17-15-9-5-7-13(15)10-11-18(17)12-14-6-3-4-8-16(14)17/h3-9,15H,2,10-12H2,1H3/t15?,17-/m0/s1. The second kappa shape index (κ2) is 3.58. The van der Waals surface area contributed by atoms with Crippen molar-refractivity contribution in [3.05, 3.63) is 59.2 Å². The molecule has 1 aromatic rings. The van der Waals surface area contributed by atoms with Crippen LogP contribution < -0.4 is 0 Å². The third-order valence-corrected chi connectivity index (χ3v) is 5.15. The molecule has 1 saturated heterocycles. The molecule has 2 aliphatic heterocycles. The molecule has 2 atom stereocenters. The van der Waals surface area contributed by atoms with Gasteiger partial charge in [-0.15, -0.1) is 0 Å². The molecule has 0 saturated carbocycles. The number of hydrogen-bond donors (Lipinski definition) is 0. The van der Waals surface area contributed by atoms with Crippen molar-refractivity contribution in [3.63, 3.8) is 0 Å². The summed E-state index contributed by atoms with van der Waals surface area (Å²) in [6, 6.07) is 9.05. The molecule has 0 bridgehead atoms. The number of hydrogen-bond acceptors (Lipinski definition) is 1. The number of piperidine rings is 1. The highest BCUT2D eigenvalue weighted by Gasteiger charge is 2.51. The summed E-state index contributed by atoms with van der Waals surface area (Å²) in [5.74, 6) is 0.611. The molecule has 1 unspecified atom stereocenters. The largest absolute Gasteiger partial charge is 0.288 e. The number of fused-ring (bicyclic) bond motifs is 5. The number of nitrogens with zero attached hydrogens (tertiary/aromatic N) is 1. The molecule has 1 aliphatic carbocycles. The first-order chi connectivity index (χ1) is 8.86. The van der Waals surface area contributed by atoms with E-state index in [4.69, 9.17) is 0 Å². The minimum absolute atomic E-state index is 0.244. The summed E-state index contributed by atoms with van der Waals surface area (Å²) in [6.45, 7) is 4.71. The van der Waals surface area contributed by atoms with E-state index >= 15 is 0 Å². The van der Waals surface area contributed by atoms with Gasteiger partial charge in [-0.3, -0.25) is 4.90 Å². The van der Waals surface area contributed by atoms with Crippen LogP contribution in [0.15, 0.2) is 48.1 Å². The molecule has 1 aromatic carbocycles. The van der Waals surface area contributed by atoms with E-state index in [0.29, 0.717) is 5.92 Å². The summed E-state index contributed by atoms with van der Waals surface area (Å²) in [4.78, 5) is 2.72. The fourth-order valence-electron chi connectivity index (χ4n) is 4.36. The predicted molar refractivity (Wildman–Crippen MR) is 74.2 cm³/mol. The molecule has 0 aromatic heterocycles. The fraction of sp³-hybridized carbons (Fsp3) is 0.412. The smallest absolute Gasteiger partial charge is 0.0564 e. The minimum Gasteiger partial charge on any atom is -0.288 e. The Morgan fingerprint density at radius 1 is 1.33 bits per heavy atom. The van der Waals surface area contributed by atoms with E-state index in [9.17, 15) is 0 Å². The van der Waals surface area contributed by atoms with Crippen LogP contribution in [0, 0.1) is 5.92 Å². The van der Waals surface area contributed by atoms with E-state index in [0.717, 1.165) is 6.54 Å². The zero-order chi connectivity index (χ0) is 12.2.